The zero-order valence-corrected chi connectivity index (χ0v) is 9.90. The van der Waals surface area contributed by atoms with Crippen LogP contribution in [0.3, 0.4) is 0 Å². The number of carbonyl (C=O) groups excluding carboxylic acids is 1. The van der Waals surface area contributed by atoms with E-state index in [4.69, 9.17) is 9.47 Å². The summed E-state index contributed by atoms with van der Waals surface area (Å²) in [5.41, 5.74) is 0.529. The highest BCUT2D eigenvalue weighted by molar-refractivity contribution is 5.99. The lowest BCUT2D eigenvalue weighted by molar-refractivity contribution is -1.10. The van der Waals surface area contributed by atoms with E-state index in [0.717, 1.165) is 0 Å². The van der Waals surface area contributed by atoms with Crippen LogP contribution in [0, 0.1) is 0 Å². The third-order valence-corrected chi connectivity index (χ3v) is 2.91. The number of likely N-dealkylation sites (N-methyl/N-ethyl adjacent to an activating group) is 1. The van der Waals surface area contributed by atoms with Crippen molar-refractivity contribution in [3.05, 3.63) is 23.8 Å². The molecule has 0 spiro atoms. The number of ketones is 1. The molecule has 2 rings (SSSR count). The zero-order chi connectivity index (χ0) is 12.4. The Morgan fingerprint density at radius 2 is 2.18 bits per heavy atom. The maximum absolute atomic E-state index is 12.1. The molecule has 0 aromatic heterocycles. The standard InChI is InChI=1S/C12H15NO4/c1-3-13(15)8(2)12(14)9-4-5-10-11(6-9)17-7-16-10/h4-6,8,15H,3,7H2,1-2H3/p+1. The number of rotatable bonds is 4. The second kappa shape index (κ2) is 4.73. The van der Waals surface area contributed by atoms with E-state index >= 15 is 0 Å². The third kappa shape index (κ3) is 2.25. The Morgan fingerprint density at radius 3 is 2.88 bits per heavy atom. The summed E-state index contributed by atoms with van der Waals surface area (Å²) in [6, 6.07) is 4.57. The molecular formula is C12H16NO4+. The van der Waals surface area contributed by atoms with E-state index < -0.39 is 6.04 Å². The van der Waals surface area contributed by atoms with Crippen molar-refractivity contribution in [2.24, 2.45) is 0 Å². The molecule has 5 heteroatoms. The molecule has 1 aliphatic heterocycles. The molecule has 0 saturated carbocycles. The van der Waals surface area contributed by atoms with Gasteiger partial charge in [-0.05, 0) is 32.0 Å². The number of hydroxylamine groups is 2. The van der Waals surface area contributed by atoms with Crippen molar-refractivity contribution >= 4 is 5.78 Å². The van der Waals surface area contributed by atoms with E-state index in [1.54, 1.807) is 25.1 Å². The van der Waals surface area contributed by atoms with Gasteiger partial charge in [0.15, 0.2) is 17.5 Å². The van der Waals surface area contributed by atoms with Crippen molar-refractivity contribution in [3.8, 4) is 11.5 Å². The lowest BCUT2D eigenvalue weighted by Crippen LogP contribution is -3.14. The first-order valence-electron chi connectivity index (χ1n) is 5.62. The van der Waals surface area contributed by atoms with Gasteiger partial charge in [0.05, 0.1) is 0 Å². The number of ether oxygens (including phenoxy) is 2. The van der Waals surface area contributed by atoms with Crippen LogP contribution in [0.5, 0.6) is 11.5 Å². The molecule has 1 aromatic carbocycles. The Bertz CT molecular complexity index is 433. The molecule has 0 bridgehead atoms. The van der Waals surface area contributed by atoms with Gasteiger partial charge in [-0.2, -0.15) is 5.06 Å². The number of hydrogen-bond acceptors (Lipinski definition) is 4. The van der Waals surface area contributed by atoms with E-state index in [1.807, 2.05) is 6.92 Å². The van der Waals surface area contributed by atoms with Crippen molar-refractivity contribution < 1.29 is 24.5 Å². The number of benzene rings is 1. The average Bonchev–Trinajstić information content (AvgIpc) is 2.83. The van der Waals surface area contributed by atoms with Crippen molar-refractivity contribution in [1.82, 2.24) is 0 Å². The fourth-order valence-corrected chi connectivity index (χ4v) is 1.76. The molecule has 0 aliphatic carbocycles. The molecule has 1 aromatic rings. The van der Waals surface area contributed by atoms with Gasteiger partial charge in [0.25, 0.3) is 0 Å². The summed E-state index contributed by atoms with van der Waals surface area (Å²) in [5, 5.41) is 9.79. The van der Waals surface area contributed by atoms with Gasteiger partial charge < -0.3 is 9.47 Å². The summed E-state index contributed by atoms with van der Waals surface area (Å²) >= 11 is 0. The molecule has 2 atom stereocenters. The van der Waals surface area contributed by atoms with Crippen LogP contribution in [0.1, 0.15) is 24.2 Å². The van der Waals surface area contributed by atoms with Crippen molar-refractivity contribution in [3.63, 3.8) is 0 Å². The summed E-state index contributed by atoms with van der Waals surface area (Å²) in [7, 11) is 0. The summed E-state index contributed by atoms with van der Waals surface area (Å²) in [5.74, 6) is 1.12. The van der Waals surface area contributed by atoms with Gasteiger partial charge in [-0.25, -0.2) is 5.21 Å². The van der Waals surface area contributed by atoms with E-state index in [-0.39, 0.29) is 17.6 Å². The largest absolute Gasteiger partial charge is 0.454 e. The minimum absolute atomic E-state index is 0.109. The lowest BCUT2D eigenvalue weighted by Gasteiger charge is -2.15. The first kappa shape index (κ1) is 11.9. The molecular weight excluding hydrogens is 222 g/mol. The van der Waals surface area contributed by atoms with Crippen LogP contribution in [-0.2, 0) is 0 Å². The Kier molecular flexibility index (Phi) is 3.31. The van der Waals surface area contributed by atoms with Crippen LogP contribution in [0.15, 0.2) is 18.2 Å². The second-order valence-corrected chi connectivity index (χ2v) is 4.00. The Balaban J connectivity index is 2.20. The SMILES string of the molecule is CC[NH+](O)C(C)C(=O)c1ccc2c(c1)OCO2. The van der Waals surface area contributed by atoms with Gasteiger partial charge >= 0.3 is 0 Å². The third-order valence-electron chi connectivity index (χ3n) is 2.91. The summed E-state index contributed by atoms with van der Waals surface area (Å²) in [4.78, 5) is 12.1. The van der Waals surface area contributed by atoms with Crippen LogP contribution in [0.2, 0.25) is 0 Å². The highest BCUT2D eigenvalue weighted by Crippen LogP contribution is 2.32. The Hall–Kier alpha value is -1.59. The van der Waals surface area contributed by atoms with Crippen LogP contribution < -0.4 is 14.5 Å². The minimum Gasteiger partial charge on any atom is -0.454 e. The average molecular weight is 238 g/mol. The van der Waals surface area contributed by atoms with Crippen molar-refractivity contribution in [2.45, 2.75) is 19.9 Å². The topological polar surface area (TPSA) is 60.2 Å². The monoisotopic (exact) mass is 238 g/mol. The maximum Gasteiger partial charge on any atom is 0.231 e. The predicted octanol–water partition coefficient (Wildman–Crippen LogP) is 0.280. The molecule has 0 radical (unpaired) electrons. The number of Topliss-reactive ketones (excluding diaryl/α,β-unsaturated/α-hetero) is 1. The fourth-order valence-electron chi connectivity index (χ4n) is 1.76. The van der Waals surface area contributed by atoms with Crippen molar-refractivity contribution in [2.75, 3.05) is 13.3 Å². The number of nitrogens with one attached hydrogen (secondary N) is 1. The molecule has 5 nitrogen and oxygen atoms in total. The highest BCUT2D eigenvalue weighted by Gasteiger charge is 2.26. The Morgan fingerprint density at radius 1 is 1.47 bits per heavy atom. The van der Waals surface area contributed by atoms with Crippen LogP contribution in [0.4, 0.5) is 0 Å². The second-order valence-electron chi connectivity index (χ2n) is 4.00. The van der Waals surface area contributed by atoms with Gasteiger partial charge in [0.1, 0.15) is 6.54 Å². The smallest absolute Gasteiger partial charge is 0.231 e. The van der Waals surface area contributed by atoms with Gasteiger partial charge in [0, 0.05) is 5.56 Å². The number of fused-ring (bicyclic) bond motifs is 1. The fraction of sp³-hybridized carbons (Fsp3) is 0.417. The number of carbonyl (C=O) groups is 1. The molecule has 92 valence electrons. The van der Waals surface area contributed by atoms with E-state index in [2.05, 4.69) is 0 Å². The predicted molar refractivity (Wildman–Crippen MR) is 59.6 cm³/mol. The first-order chi connectivity index (χ1) is 8.13. The maximum atomic E-state index is 12.1. The van der Waals surface area contributed by atoms with Gasteiger partial charge in [-0.3, -0.25) is 4.79 Å². The summed E-state index contributed by atoms with van der Waals surface area (Å²) < 4.78 is 10.4. The van der Waals surface area contributed by atoms with Gasteiger partial charge in [-0.15, -0.1) is 0 Å². The van der Waals surface area contributed by atoms with E-state index in [1.165, 1.54) is 0 Å². The molecule has 0 saturated heterocycles. The quantitative estimate of drug-likeness (QED) is 0.584. The number of quaternary nitrogens is 1. The molecule has 1 aliphatic rings. The van der Waals surface area contributed by atoms with E-state index in [9.17, 15) is 10.0 Å². The molecule has 0 amide bonds. The van der Waals surface area contributed by atoms with Crippen LogP contribution >= 0.6 is 0 Å². The Labute approximate surface area is 99.5 Å². The highest BCUT2D eigenvalue weighted by atomic mass is 16.7. The molecule has 1 heterocycles. The van der Waals surface area contributed by atoms with E-state index in [0.29, 0.717) is 23.6 Å². The lowest BCUT2D eigenvalue weighted by atomic mass is 10.0. The first-order valence-corrected chi connectivity index (χ1v) is 5.62. The molecule has 2 N–H and O–H groups in total. The molecule has 0 fully saturated rings. The minimum atomic E-state index is -0.486. The normalized spacial score (nSPS) is 16.6. The molecule has 2 unspecified atom stereocenters. The van der Waals surface area contributed by atoms with Crippen LogP contribution in [-0.4, -0.2) is 30.4 Å². The van der Waals surface area contributed by atoms with Gasteiger partial charge in [0.2, 0.25) is 12.6 Å². The zero-order valence-electron chi connectivity index (χ0n) is 9.90. The summed E-state index contributed by atoms with van der Waals surface area (Å²) in [6.45, 7) is 4.19. The number of hydrogen-bond donors (Lipinski definition) is 2. The summed E-state index contributed by atoms with van der Waals surface area (Å²) in [6.07, 6.45) is 0. The van der Waals surface area contributed by atoms with Gasteiger partial charge in [-0.1, -0.05) is 0 Å². The van der Waals surface area contributed by atoms with Crippen LogP contribution in [0.25, 0.3) is 0 Å². The molecule has 17 heavy (non-hydrogen) atoms. The van der Waals surface area contributed by atoms with Crippen molar-refractivity contribution in [1.29, 1.82) is 0 Å².